The van der Waals surface area contributed by atoms with Gasteiger partial charge in [0, 0.05) is 31.6 Å². The van der Waals surface area contributed by atoms with Crippen molar-refractivity contribution in [1.82, 2.24) is 9.97 Å². The molecule has 0 amide bonds. The maximum absolute atomic E-state index is 15.2. The van der Waals surface area contributed by atoms with Crippen molar-refractivity contribution in [1.29, 1.82) is 0 Å². The maximum Gasteiger partial charge on any atom is 0.270 e. The van der Waals surface area contributed by atoms with Gasteiger partial charge in [-0.3, -0.25) is 0 Å². The Labute approximate surface area is 173 Å². The summed E-state index contributed by atoms with van der Waals surface area (Å²) in [5.74, 6) is -3.01. The van der Waals surface area contributed by atoms with E-state index in [1.165, 1.54) is 18.5 Å². The molecule has 4 nitrogen and oxygen atoms in total. The van der Waals surface area contributed by atoms with Gasteiger partial charge in [0.25, 0.3) is 5.92 Å². The lowest BCUT2D eigenvalue weighted by atomic mass is 10.1. The highest BCUT2D eigenvalue weighted by Gasteiger charge is 2.33. The van der Waals surface area contributed by atoms with Gasteiger partial charge < -0.3 is 10.2 Å². The average molecular weight is 412 g/mol. The molecule has 1 aliphatic rings. The summed E-state index contributed by atoms with van der Waals surface area (Å²) in [7, 11) is 0. The van der Waals surface area contributed by atoms with Crippen LogP contribution in [0.4, 0.5) is 24.8 Å². The van der Waals surface area contributed by atoms with Gasteiger partial charge in [-0.25, -0.2) is 18.7 Å². The van der Waals surface area contributed by atoms with Gasteiger partial charge in [0.1, 0.15) is 6.33 Å². The minimum Gasteiger partial charge on any atom is -0.363 e. The lowest BCUT2D eigenvalue weighted by Gasteiger charge is -2.25. The van der Waals surface area contributed by atoms with Crippen LogP contribution < -0.4 is 10.2 Å². The molecule has 7 heteroatoms. The van der Waals surface area contributed by atoms with Gasteiger partial charge in [-0.15, -0.1) is 0 Å². The summed E-state index contributed by atoms with van der Waals surface area (Å²) in [5, 5.41) is 3.04. The summed E-state index contributed by atoms with van der Waals surface area (Å²) in [5.41, 5.74) is 1.81. The fourth-order valence-corrected chi connectivity index (χ4v) is 3.33. The SMILES string of the molecule is CC(F)(F)c1ccc(CN(c2ncnc(NCc3ccccc3)c2F)C2CC2)cc1. The molecule has 156 valence electrons. The summed E-state index contributed by atoms with van der Waals surface area (Å²) in [6, 6.07) is 16.0. The van der Waals surface area contributed by atoms with E-state index in [1.807, 2.05) is 35.2 Å². The van der Waals surface area contributed by atoms with Crippen LogP contribution in [-0.4, -0.2) is 16.0 Å². The fourth-order valence-electron chi connectivity index (χ4n) is 3.33. The molecule has 1 aromatic heterocycles. The van der Waals surface area contributed by atoms with E-state index < -0.39 is 11.7 Å². The van der Waals surface area contributed by atoms with Crippen molar-refractivity contribution in [3.8, 4) is 0 Å². The molecule has 0 bridgehead atoms. The topological polar surface area (TPSA) is 41.1 Å². The van der Waals surface area contributed by atoms with Crippen LogP contribution in [0.25, 0.3) is 0 Å². The van der Waals surface area contributed by atoms with E-state index >= 15 is 4.39 Å². The number of halogens is 3. The molecule has 0 aliphatic heterocycles. The standard InChI is InChI=1S/C23H23F3N4/c1-23(25,26)18-9-7-17(8-10-18)14-30(19-11-12-19)22-20(24)21(28-15-29-22)27-13-16-5-3-2-4-6-16/h2-10,15,19H,11-14H2,1H3,(H,27,28,29). The van der Waals surface area contributed by atoms with Crippen molar-refractivity contribution < 1.29 is 13.2 Å². The third-order valence-electron chi connectivity index (χ3n) is 5.15. The second-order valence-electron chi connectivity index (χ2n) is 7.64. The van der Waals surface area contributed by atoms with Gasteiger partial charge in [-0.05, 0) is 24.0 Å². The first-order valence-electron chi connectivity index (χ1n) is 9.94. The monoisotopic (exact) mass is 412 g/mol. The highest BCUT2D eigenvalue weighted by Crippen LogP contribution is 2.35. The Balaban J connectivity index is 1.53. The minimum absolute atomic E-state index is 0.0372. The van der Waals surface area contributed by atoms with Crippen LogP contribution in [0.5, 0.6) is 0 Å². The molecule has 4 rings (SSSR count). The predicted octanol–water partition coefficient (Wildman–Crippen LogP) is 5.51. The van der Waals surface area contributed by atoms with Crippen LogP contribution in [0.2, 0.25) is 0 Å². The summed E-state index contributed by atoms with van der Waals surface area (Å²) >= 11 is 0. The van der Waals surface area contributed by atoms with Gasteiger partial charge in [-0.2, -0.15) is 4.39 Å². The zero-order chi connectivity index (χ0) is 21.1. The number of benzene rings is 2. The molecule has 1 saturated carbocycles. The molecule has 0 radical (unpaired) electrons. The number of hydrogen-bond acceptors (Lipinski definition) is 4. The van der Waals surface area contributed by atoms with E-state index in [2.05, 4.69) is 15.3 Å². The number of nitrogens with one attached hydrogen (secondary N) is 1. The number of hydrogen-bond donors (Lipinski definition) is 1. The van der Waals surface area contributed by atoms with Crippen molar-refractivity contribution in [2.24, 2.45) is 0 Å². The van der Waals surface area contributed by atoms with Crippen molar-refractivity contribution in [2.45, 2.75) is 44.8 Å². The number of nitrogens with zero attached hydrogens (tertiary/aromatic N) is 3. The zero-order valence-corrected chi connectivity index (χ0v) is 16.7. The summed E-state index contributed by atoms with van der Waals surface area (Å²) in [6.45, 7) is 1.72. The first-order valence-corrected chi connectivity index (χ1v) is 9.94. The maximum atomic E-state index is 15.2. The fraction of sp³-hybridized carbons (Fsp3) is 0.304. The largest absolute Gasteiger partial charge is 0.363 e. The normalized spacial score (nSPS) is 13.9. The highest BCUT2D eigenvalue weighted by atomic mass is 19.3. The molecule has 2 aromatic carbocycles. The second-order valence-corrected chi connectivity index (χ2v) is 7.64. The molecule has 0 spiro atoms. The lowest BCUT2D eigenvalue weighted by molar-refractivity contribution is 0.0174. The Bertz CT molecular complexity index is 984. The summed E-state index contributed by atoms with van der Waals surface area (Å²) in [4.78, 5) is 10.1. The molecule has 1 heterocycles. The van der Waals surface area contributed by atoms with Crippen LogP contribution in [0.15, 0.2) is 60.9 Å². The van der Waals surface area contributed by atoms with E-state index in [-0.39, 0.29) is 23.2 Å². The predicted molar refractivity (Wildman–Crippen MR) is 111 cm³/mol. The van der Waals surface area contributed by atoms with Crippen LogP contribution in [0.3, 0.4) is 0 Å². The number of anilines is 2. The van der Waals surface area contributed by atoms with Crippen molar-refractivity contribution in [3.63, 3.8) is 0 Å². The summed E-state index contributed by atoms with van der Waals surface area (Å²) < 4.78 is 42.1. The second kappa shape index (κ2) is 8.34. The quantitative estimate of drug-likeness (QED) is 0.530. The van der Waals surface area contributed by atoms with E-state index in [4.69, 9.17) is 0 Å². The lowest BCUT2D eigenvalue weighted by Crippen LogP contribution is -2.27. The Morgan fingerprint density at radius 3 is 2.33 bits per heavy atom. The Morgan fingerprint density at radius 2 is 1.70 bits per heavy atom. The van der Waals surface area contributed by atoms with Crippen molar-refractivity contribution >= 4 is 11.6 Å². The first-order chi connectivity index (χ1) is 14.4. The Hall–Kier alpha value is -3.09. The molecule has 0 atom stereocenters. The van der Waals surface area contributed by atoms with Gasteiger partial charge in [0.05, 0.1) is 0 Å². The third-order valence-corrected chi connectivity index (χ3v) is 5.15. The number of rotatable bonds is 8. The molecule has 30 heavy (non-hydrogen) atoms. The average Bonchev–Trinajstić information content (AvgIpc) is 3.57. The molecule has 1 N–H and O–H groups in total. The van der Waals surface area contributed by atoms with Crippen LogP contribution >= 0.6 is 0 Å². The van der Waals surface area contributed by atoms with Crippen molar-refractivity contribution in [2.75, 3.05) is 10.2 Å². The molecular weight excluding hydrogens is 389 g/mol. The molecule has 0 saturated heterocycles. The highest BCUT2D eigenvalue weighted by molar-refractivity contribution is 5.53. The van der Waals surface area contributed by atoms with E-state index in [9.17, 15) is 8.78 Å². The zero-order valence-electron chi connectivity index (χ0n) is 16.7. The van der Waals surface area contributed by atoms with Gasteiger partial charge in [0.2, 0.25) is 5.82 Å². The van der Waals surface area contributed by atoms with Gasteiger partial charge in [0.15, 0.2) is 11.6 Å². The summed E-state index contributed by atoms with van der Waals surface area (Å²) in [6.07, 6.45) is 3.24. The molecule has 1 aliphatic carbocycles. The van der Waals surface area contributed by atoms with Crippen LogP contribution in [0, 0.1) is 5.82 Å². The van der Waals surface area contributed by atoms with Crippen LogP contribution in [0.1, 0.15) is 36.5 Å². The smallest absolute Gasteiger partial charge is 0.270 e. The van der Waals surface area contributed by atoms with Gasteiger partial charge >= 0.3 is 0 Å². The molecular formula is C23H23F3N4. The van der Waals surface area contributed by atoms with E-state index in [1.54, 1.807) is 12.1 Å². The van der Waals surface area contributed by atoms with Gasteiger partial charge in [-0.1, -0.05) is 54.6 Å². The Kier molecular flexibility index (Phi) is 5.61. The molecule has 3 aromatic rings. The van der Waals surface area contributed by atoms with Crippen LogP contribution in [-0.2, 0) is 19.0 Å². The number of alkyl halides is 2. The first kappa shape index (κ1) is 20.2. The van der Waals surface area contributed by atoms with Crippen molar-refractivity contribution in [3.05, 3.63) is 83.4 Å². The van der Waals surface area contributed by atoms with E-state index in [0.29, 0.717) is 13.1 Å². The number of aromatic nitrogens is 2. The third kappa shape index (κ3) is 4.72. The molecule has 0 unspecified atom stereocenters. The molecule has 1 fully saturated rings. The Morgan fingerprint density at radius 1 is 1.00 bits per heavy atom. The van der Waals surface area contributed by atoms with E-state index in [0.717, 1.165) is 30.9 Å². The minimum atomic E-state index is -2.88.